The number of guanidine groups is 1. The molecule has 1 unspecified atom stereocenters. The normalized spacial score (nSPS) is 16.5. The molecule has 1 saturated heterocycles. The third-order valence-corrected chi connectivity index (χ3v) is 5.33. The van der Waals surface area contributed by atoms with Crippen molar-refractivity contribution in [3.8, 4) is 0 Å². The number of rotatable bonds is 5. The predicted molar refractivity (Wildman–Crippen MR) is 118 cm³/mol. The van der Waals surface area contributed by atoms with E-state index in [1.54, 1.807) is 23.7 Å². The Morgan fingerprint density at radius 1 is 1.23 bits per heavy atom. The Bertz CT molecular complexity index is 670. The molecule has 1 aliphatic rings. The largest absolute Gasteiger partial charge is 0.370 e. The number of likely N-dealkylation sites (N-methyl/N-ethyl adjacent to an activating group) is 1. The summed E-state index contributed by atoms with van der Waals surface area (Å²) in [5.74, 6) is 1.40. The number of piperazine rings is 1. The fourth-order valence-corrected chi connectivity index (χ4v) is 3.77. The highest BCUT2D eigenvalue weighted by atomic mass is 127. The molecular formula is C17H26IN7S. The van der Waals surface area contributed by atoms with Gasteiger partial charge in [-0.25, -0.2) is 9.97 Å². The van der Waals surface area contributed by atoms with Gasteiger partial charge in [-0.3, -0.25) is 4.99 Å². The van der Waals surface area contributed by atoms with Gasteiger partial charge in [0.05, 0.1) is 12.6 Å². The van der Waals surface area contributed by atoms with E-state index < -0.39 is 0 Å². The third kappa shape index (κ3) is 5.27. The molecule has 1 atom stereocenters. The van der Waals surface area contributed by atoms with Gasteiger partial charge in [0, 0.05) is 43.4 Å². The lowest BCUT2D eigenvalue weighted by atomic mass is 10.2. The summed E-state index contributed by atoms with van der Waals surface area (Å²) in [6.45, 7) is 4.03. The molecule has 2 aromatic rings. The van der Waals surface area contributed by atoms with Crippen LogP contribution in [0, 0.1) is 0 Å². The maximum Gasteiger partial charge on any atom is 0.225 e. The van der Waals surface area contributed by atoms with E-state index in [0.717, 1.165) is 32.1 Å². The van der Waals surface area contributed by atoms with Crippen LogP contribution in [-0.4, -0.2) is 72.5 Å². The number of anilines is 1. The van der Waals surface area contributed by atoms with Gasteiger partial charge in [0.25, 0.3) is 0 Å². The Kier molecular flexibility index (Phi) is 8.04. The van der Waals surface area contributed by atoms with Crippen molar-refractivity contribution in [3.63, 3.8) is 0 Å². The van der Waals surface area contributed by atoms with Crippen LogP contribution in [0.2, 0.25) is 0 Å². The van der Waals surface area contributed by atoms with Crippen molar-refractivity contribution in [2.24, 2.45) is 10.7 Å². The molecule has 142 valence electrons. The average Bonchev–Trinajstić information content (AvgIpc) is 3.16. The van der Waals surface area contributed by atoms with Crippen LogP contribution in [0.15, 0.2) is 41.0 Å². The lowest BCUT2D eigenvalue weighted by Gasteiger charge is -2.35. The summed E-state index contributed by atoms with van der Waals surface area (Å²) in [4.78, 5) is 21.1. The van der Waals surface area contributed by atoms with Crippen LogP contribution >= 0.6 is 35.3 Å². The number of hydrogen-bond donors (Lipinski definition) is 1. The molecule has 1 aliphatic heterocycles. The van der Waals surface area contributed by atoms with E-state index in [1.165, 1.54) is 4.88 Å². The molecule has 0 bridgehead atoms. The van der Waals surface area contributed by atoms with Gasteiger partial charge in [-0.05, 0) is 31.6 Å². The van der Waals surface area contributed by atoms with Gasteiger partial charge in [0.15, 0.2) is 5.96 Å². The van der Waals surface area contributed by atoms with Crippen LogP contribution in [0.5, 0.6) is 0 Å². The smallest absolute Gasteiger partial charge is 0.225 e. The second-order valence-electron chi connectivity index (χ2n) is 6.22. The van der Waals surface area contributed by atoms with Crippen molar-refractivity contribution in [1.29, 1.82) is 0 Å². The molecule has 2 N–H and O–H groups in total. The summed E-state index contributed by atoms with van der Waals surface area (Å²) in [5, 5.41) is 2.10. The summed E-state index contributed by atoms with van der Waals surface area (Å²) in [5.41, 5.74) is 6.25. The first-order chi connectivity index (χ1) is 12.1. The van der Waals surface area contributed by atoms with Gasteiger partial charge < -0.3 is 20.4 Å². The Balaban J connectivity index is 0.00000243. The molecule has 0 aliphatic carbocycles. The van der Waals surface area contributed by atoms with Gasteiger partial charge in [0.2, 0.25) is 5.95 Å². The van der Waals surface area contributed by atoms with Crippen LogP contribution in [0.4, 0.5) is 5.95 Å². The molecule has 2 aromatic heterocycles. The highest BCUT2D eigenvalue weighted by molar-refractivity contribution is 14.0. The molecule has 3 heterocycles. The number of nitrogens with zero attached hydrogens (tertiary/aromatic N) is 6. The van der Waals surface area contributed by atoms with E-state index in [0.29, 0.717) is 12.5 Å². The molecule has 9 heteroatoms. The van der Waals surface area contributed by atoms with E-state index in [-0.39, 0.29) is 30.0 Å². The minimum absolute atomic E-state index is 0. The van der Waals surface area contributed by atoms with Gasteiger partial charge >= 0.3 is 0 Å². The van der Waals surface area contributed by atoms with Crippen molar-refractivity contribution < 1.29 is 0 Å². The molecule has 0 spiro atoms. The first-order valence-electron chi connectivity index (χ1n) is 8.42. The minimum atomic E-state index is 0. The lowest BCUT2D eigenvalue weighted by molar-refractivity contribution is 0.308. The summed E-state index contributed by atoms with van der Waals surface area (Å²) >= 11 is 1.76. The molecule has 26 heavy (non-hydrogen) atoms. The van der Waals surface area contributed by atoms with Crippen LogP contribution < -0.4 is 10.6 Å². The fraction of sp³-hybridized carbons (Fsp3) is 0.471. The maximum absolute atomic E-state index is 6.25. The molecule has 3 rings (SSSR count). The molecule has 1 fully saturated rings. The van der Waals surface area contributed by atoms with E-state index in [4.69, 9.17) is 5.73 Å². The quantitative estimate of drug-likeness (QED) is 0.395. The van der Waals surface area contributed by atoms with Crippen LogP contribution in [0.25, 0.3) is 0 Å². The number of aliphatic imine (C=N–C) groups is 1. The molecular weight excluding hydrogens is 461 g/mol. The average molecular weight is 487 g/mol. The predicted octanol–water partition coefficient (Wildman–Crippen LogP) is 1.90. The van der Waals surface area contributed by atoms with Gasteiger partial charge in [0.1, 0.15) is 0 Å². The number of aromatic nitrogens is 2. The Morgan fingerprint density at radius 3 is 2.50 bits per heavy atom. The SMILES string of the molecule is CN(C)C(CN=C(N)N1CCN(c2ncccn2)CC1)c1cccs1.I. The number of nitrogens with two attached hydrogens (primary N) is 1. The van der Waals surface area contributed by atoms with E-state index in [2.05, 4.69) is 61.3 Å². The summed E-state index contributed by atoms with van der Waals surface area (Å²) in [6, 6.07) is 6.32. The maximum atomic E-state index is 6.25. The topological polar surface area (TPSA) is 73.9 Å². The number of hydrogen-bond acceptors (Lipinski definition) is 6. The standard InChI is InChI=1S/C17H25N7S.HI/c1-22(2)14(15-5-3-12-25-15)13-21-16(18)23-8-10-24(11-9-23)17-19-6-4-7-20-17;/h3-7,12,14H,8-11,13H2,1-2H3,(H2,18,21);1H. The summed E-state index contributed by atoms with van der Waals surface area (Å²) in [6.07, 6.45) is 3.55. The first kappa shape index (κ1) is 20.8. The van der Waals surface area contributed by atoms with Crippen molar-refractivity contribution >= 4 is 47.2 Å². The Morgan fingerprint density at radius 2 is 1.92 bits per heavy atom. The van der Waals surface area contributed by atoms with E-state index in [9.17, 15) is 0 Å². The molecule has 0 saturated carbocycles. The van der Waals surface area contributed by atoms with Crippen molar-refractivity contribution in [1.82, 2.24) is 19.8 Å². The second kappa shape index (κ2) is 10.0. The highest BCUT2D eigenvalue weighted by Crippen LogP contribution is 2.23. The van der Waals surface area contributed by atoms with Gasteiger partial charge in [-0.1, -0.05) is 6.07 Å². The minimum Gasteiger partial charge on any atom is -0.370 e. The molecule has 0 aromatic carbocycles. The van der Waals surface area contributed by atoms with Gasteiger partial charge in [-0.2, -0.15) is 0 Å². The second-order valence-corrected chi connectivity index (χ2v) is 7.20. The Labute approximate surface area is 176 Å². The van der Waals surface area contributed by atoms with Crippen LogP contribution in [0.1, 0.15) is 10.9 Å². The lowest BCUT2D eigenvalue weighted by Crippen LogP contribution is -2.51. The van der Waals surface area contributed by atoms with Gasteiger partial charge in [-0.15, -0.1) is 35.3 Å². The van der Waals surface area contributed by atoms with Crippen LogP contribution in [0.3, 0.4) is 0 Å². The number of thiophene rings is 1. The fourth-order valence-electron chi connectivity index (χ4n) is 2.86. The van der Waals surface area contributed by atoms with Crippen molar-refractivity contribution in [2.45, 2.75) is 6.04 Å². The Hall–Kier alpha value is -1.46. The van der Waals surface area contributed by atoms with E-state index in [1.807, 2.05) is 6.07 Å². The molecule has 7 nitrogen and oxygen atoms in total. The first-order valence-corrected chi connectivity index (χ1v) is 9.30. The highest BCUT2D eigenvalue weighted by Gasteiger charge is 2.21. The van der Waals surface area contributed by atoms with E-state index >= 15 is 0 Å². The van der Waals surface area contributed by atoms with Crippen LogP contribution in [-0.2, 0) is 0 Å². The monoisotopic (exact) mass is 487 g/mol. The summed E-state index contributed by atoms with van der Waals surface area (Å²) in [7, 11) is 4.16. The molecule has 0 amide bonds. The summed E-state index contributed by atoms with van der Waals surface area (Å²) < 4.78 is 0. The zero-order valence-electron chi connectivity index (χ0n) is 15.2. The zero-order valence-corrected chi connectivity index (χ0v) is 18.3. The molecule has 0 radical (unpaired) electrons. The van der Waals surface area contributed by atoms with Crippen molar-refractivity contribution in [2.75, 3.05) is 51.7 Å². The number of halogens is 1. The third-order valence-electron chi connectivity index (χ3n) is 4.36. The zero-order chi connectivity index (χ0) is 17.6. The van der Waals surface area contributed by atoms with Crippen molar-refractivity contribution in [3.05, 3.63) is 40.8 Å².